The van der Waals surface area contributed by atoms with Crippen LogP contribution in [-0.2, 0) is 4.74 Å². The molecule has 3 fully saturated rings. The average molecular weight is 273 g/mol. The fourth-order valence-electron chi connectivity index (χ4n) is 3.32. The SMILES string of the molecule is CCCCOC(C)C(S)C1(O)CN2CCC1CC2. The second kappa shape index (κ2) is 6.12. The molecule has 4 heteroatoms. The van der Waals surface area contributed by atoms with Gasteiger partial charge in [-0.15, -0.1) is 0 Å². The average Bonchev–Trinajstić information content (AvgIpc) is 2.39. The molecule has 3 heterocycles. The van der Waals surface area contributed by atoms with E-state index in [0.717, 1.165) is 51.9 Å². The van der Waals surface area contributed by atoms with Crippen LogP contribution in [-0.4, -0.2) is 53.2 Å². The molecular formula is C14H27NO2S. The van der Waals surface area contributed by atoms with Crippen molar-refractivity contribution < 1.29 is 9.84 Å². The highest BCUT2D eigenvalue weighted by atomic mass is 32.1. The molecule has 0 aromatic rings. The van der Waals surface area contributed by atoms with Crippen LogP contribution < -0.4 is 0 Å². The molecular weight excluding hydrogens is 246 g/mol. The molecule has 0 aromatic carbocycles. The number of piperidine rings is 3. The van der Waals surface area contributed by atoms with Gasteiger partial charge in [-0.3, -0.25) is 0 Å². The van der Waals surface area contributed by atoms with Crippen LogP contribution in [0.5, 0.6) is 0 Å². The summed E-state index contributed by atoms with van der Waals surface area (Å²) in [5, 5.41) is 10.9. The van der Waals surface area contributed by atoms with Gasteiger partial charge < -0.3 is 14.7 Å². The number of hydrogen-bond acceptors (Lipinski definition) is 4. The van der Waals surface area contributed by atoms with E-state index in [1.165, 1.54) is 0 Å². The van der Waals surface area contributed by atoms with Crippen LogP contribution in [0.1, 0.15) is 39.5 Å². The van der Waals surface area contributed by atoms with Gasteiger partial charge in [-0.1, -0.05) is 13.3 Å². The Morgan fingerprint density at radius 1 is 1.44 bits per heavy atom. The Morgan fingerprint density at radius 2 is 2.11 bits per heavy atom. The molecule has 3 aliphatic heterocycles. The van der Waals surface area contributed by atoms with Gasteiger partial charge in [-0.25, -0.2) is 0 Å². The zero-order valence-electron chi connectivity index (χ0n) is 11.6. The minimum absolute atomic E-state index is 0.0189. The van der Waals surface area contributed by atoms with Gasteiger partial charge >= 0.3 is 0 Å². The third-order valence-electron chi connectivity index (χ3n) is 4.61. The Kier molecular flexibility index (Phi) is 4.98. The van der Waals surface area contributed by atoms with Gasteiger partial charge in [-0.05, 0) is 45.2 Å². The quantitative estimate of drug-likeness (QED) is 0.573. The molecule has 18 heavy (non-hydrogen) atoms. The first-order valence-electron chi connectivity index (χ1n) is 7.32. The lowest BCUT2D eigenvalue weighted by Gasteiger charge is -2.53. The van der Waals surface area contributed by atoms with E-state index in [2.05, 4.69) is 24.5 Å². The van der Waals surface area contributed by atoms with E-state index in [4.69, 9.17) is 4.74 Å². The van der Waals surface area contributed by atoms with E-state index < -0.39 is 5.60 Å². The van der Waals surface area contributed by atoms with Crippen molar-refractivity contribution in [2.75, 3.05) is 26.2 Å². The fourth-order valence-corrected chi connectivity index (χ4v) is 3.70. The first-order chi connectivity index (χ1) is 8.58. The number of thiol groups is 1. The maximum absolute atomic E-state index is 11.0. The molecule has 2 bridgehead atoms. The smallest absolute Gasteiger partial charge is 0.0943 e. The van der Waals surface area contributed by atoms with Crippen LogP contribution in [0.2, 0.25) is 0 Å². The lowest BCUT2D eigenvalue weighted by Crippen LogP contribution is -2.65. The summed E-state index contributed by atoms with van der Waals surface area (Å²) in [7, 11) is 0. The number of rotatable bonds is 6. The molecule has 0 amide bonds. The standard InChI is InChI=1S/C14H27NO2S/c1-3-4-9-17-11(2)13(18)14(16)10-15-7-5-12(14)6-8-15/h11-13,16,18H,3-10H2,1-2H3. The molecule has 3 saturated heterocycles. The summed E-state index contributed by atoms with van der Waals surface area (Å²) in [6, 6.07) is 0. The van der Waals surface area contributed by atoms with Gasteiger partial charge in [0.2, 0.25) is 0 Å². The topological polar surface area (TPSA) is 32.7 Å². The number of hydrogen-bond donors (Lipinski definition) is 2. The van der Waals surface area contributed by atoms with Gasteiger partial charge in [0.15, 0.2) is 0 Å². The Labute approximate surface area is 116 Å². The third-order valence-corrected chi connectivity index (χ3v) is 5.47. The highest BCUT2D eigenvalue weighted by molar-refractivity contribution is 7.81. The van der Waals surface area contributed by atoms with Crippen LogP contribution in [0, 0.1) is 5.92 Å². The summed E-state index contributed by atoms with van der Waals surface area (Å²) in [5.74, 6) is 0.405. The highest BCUT2D eigenvalue weighted by Gasteiger charge is 2.50. The minimum atomic E-state index is -0.661. The Balaban J connectivity index is 1.92. The second-order valence-corrected chi connectivity index (χ2v) is 6.47. The molecule has 3 rings (SSSR count). The van der Waals surface area contributed by atoms with Gasteiger partial charge in [0, 0.05) is 13.2 Å². The van der Waals surface area contributed by atoms with Crippen molar-refractivity contribution >= 4 is 12.6 Å². The van der Waals surface area contributed by atoms with Crippen molar-refractivity contribution in [3.05, 3.63) is 0 Å². The third kappa shape index (κ3) is 2.87. The maximum Gasteiger partial charge on any atom is 0.0943 e. The Hall–Kier alpha value is 0.230. The monoisotopic (exact) mass is 273 g/mol. The normalized spacial score (nSPS) is 38.7. The van der Waals surface area contributed by atoms with Crippen LogP contribution in [0.3, 0.4) is 0 Å². The Bertz CT molecular complexity index is 269. The zero-order valence-corrected chi connectivity index (χ0v) is 12.5. The zero-order chi connectivity index (χ0) is 13.2. The molecule has 0 spiro atoms. The fraction of sp³-hybridized carbons (Fsp3) is 1.00. The van der Waals surface area contributed by atoms with Gasteiger partial charge in [0.1, 0.15) is 0 Å². The molecule has 1 N–H and O–H groups in total. The maximum atomic E-state index is 11.0. The van der Waals surface area contributed by atoms with Crippen molar-refractivity contribution in [1.29, 1.82) is 0 Å². The summed E-state index contributed by atoms with van der Waals surface area (Å²) in [6.45, 7) is 8.03. The second-order valence-electron chi connectivity index (χ2n) is 5.92. The van der Waals surface area contributed by atoms with Crippen LogP contribution in [0.25, 0.3) is 0 Å². The van der Waals surface area contributed by atoms with Crippen molar-refractivity contribution in [3.8, 4) is 0 Å². The first kappa shape index (κ1) is 14.6. The van der Waals surface area contributed by atoms with E-state index in [-0.39, 0.29) is 11.4 Å². The molecule has 3 unspecified atom stereocenters. The van der Waals surface area contributed by atoms with E-state index >= 15 is 0 Å². The van der Waals surface area contributed by atoms with Gasteiger partial charge in [-0.2, -0.15) is 12.6 Å². The summed E-state index contributed by atoms with van der Waals surface area (Å²) >= 11 is 4.69. The number of ether oxygens (including phenoxy) is 1. The number of nitrogens with zero attached hydrogens (tertiary/aromatic N) is 1. The first-order valence-corrected chi connectivity index (χ1v) is 7.84. The minimum Gasteiger partial charge on any atom is -0.387 e. The molecule has 0 saturated carbocycles. The van der Waals surface area contributed by atoms with Crippen LogP contribution in [0.15, 0.2) is 0 Å². The van der Waals surface area contributed by atoms with Crippen molar-refractivity contribution in [2.24, 2.45) is 5.92 Å². The molecule has 3 aliphatic rings. The van der Waals surface area contributed by atoms with Crippen molar-refractivity contribution in [2.45, 2.75) is 56.5 Å². The Morgan fingerprint density at radius 3 is 2.61 bits per heavy atom. The van der Waals surface area contributed by atoms with E-state index in [0.29, 0.717) is 5.92 Å². The molecule has 3 atom stereocenters. The summed E-state index contributed by atoms with van der Waals surface area (Å²) in [6.07, 6.45) is 4.46. The molecule has 3 nitrogen and oxygen atoms in total. The summed E-state index contributed by atoms with van der Waals surface area (Å²) in [4.78, 5) is 2.36. The van der Waals surface area contributed by atoms with E-state index in [1.54, 1.807) is 0 Å². The number of aliphatic hydroxyl groups is 1. The van der Waals surface area contributed by atoms with Gasteiger partial charge in [0.25, 0.3) is 0 Å². The largest absolute Gasteiger partial charge is 0.387 e. The van der Waals surface area contributed by atoms with E-state index in [9.17, 15) is 5.11 Å². The lowest BCUT2D eigenvalue weighted by atomic mass is 9.72. The number of fused-ring (bicyclic) bond motifs is 3. The molecule has 0 aliphatic carbocycles. The van der Waals surface area contributed by atoms with E-state index in [1.807, 2.05) is 6.92 Å². The predicted molar refractivity (Wildman–Crippen MR) is 77.2 cm³/mol. The highest BCUT2D eigenvalue weighted by Crippen LogP contribution is 2.40. The van der Waals surface area contributed by atoms with Crippen LogP contribution >= 0.6 is 12.6 Å². The predicted octanol–water partition coefficient (Wildman–Crippen LogP) is 1.95. The van der Waals surface area contributed by atoms with Crippen LogP contribution in [0.4, 0.5) is 0 Å². The van der Waals surface area contributed by atoms with Crippen molar-refractivity contribution in [3.63, 3.8) is 0 Å². The molecule has 0 aromatic heterocycles. The summed E-state index contributed by atoms with van der Waals surface area (Å²) < 4.78 is 5.82. The molecule has 106 valence electrons. The lowest BCUT2D eigenvalue weighted by molar-refractivity contribution is -0.130. The van der Waals surface area contributed by atoms with Gasteiger partial charge in [0.05, 0.1) is 17.0 Å². The molecule has 0 radical (unpaired) electrons. The van der Waals surface area contributed by atoms with Crippen molar-refractivity contribution in [1.82, 2.24) is 4.90 Å². The summed E-state index contributed by atoms with van der Waals surface area (Å²) in [5.41, 5.74) is -0.661. The number of unbranched alkanes of at least 4 members (excludes halogenated alkanes) is 1.